The first-order valence-electron chi connectivity index (χ1n) is 10.2. The zero-order valence-corrected chi connectivity index (χ0v) is 16.6. The molecule has 2 aliphatic rings. The van der Waals surface area contributed by atoms with Gasteiger partial charge in [-0.2, -0.15) is 0 Å². The Morgan fingerprint density at radius 1 is 1.19 bits per heavy atom. The second kappa shape index (κ2) is 11.0. The van der Waals surface area contributed by atoms with Gasteiger partial charge in [-0.25, -0.2) is 9.59 Å². The van der Waals surface area contributed by atoms with Crippen LogP contribution in [-0.4, -0.2) is 72.8 Å². The molecule has 0 spiro atoms. The zero-order chi connectivity index (χ0) is 19.6. The minimum atomic E-state index is -0.215. The fourth-order valence-corrected chi connectivity index (χ4v) is 3.69. The van der Waals surface area contributed by atoms with Gasteiger partial charge in [0.2, 0.25) is 0 Å². The molecule has 154 valence electrons. The number of unbranched alkanes of at least 4 members (excludes halogenated alkanes) is 2. The molecular weight excluding hydrogens is 350 g/mol. The Morgan fingerprint density at radius 2 is 1.93 bits per heavy atom. The van der Waals surface area contributed by atoms with E-state index in [4.69, 9.17) is 9.47 Å². The SMILES string of the molecule is CCOC(=O)CCCCCNC(=O)N1CCC(N2C(=O)OCC2CC)CC1. The first kappa shape index (κ1) is 21.3. The van der Waals surface area contributed by atoms with Gasteiger partial charge in [0.05, 0.1) is 12.6 Å². The van der Waals surface area contributed by atoms with E-state index in [1.54, 1.807) is 6.92 Å². The van der Waals surface area contributed by atoms with Crippen molar-refractivity contribution in [2.24, 2.45) is 0 Å². The molecular formula is C19H33N3O5. The zero-order valence-electron chi connectivity index (χ0n) is 16.6. The van der Waals surface area contributed by atoms with Crippen LogP contribution in [0.2, 0.25) is 0 Å². The van der Waals surface area contributed by atoms with Crippen molar-refractivity contribution >= 4 is 18.1 Å². The molecule has 0 bridgehead atoms. The van der Waals surface area contributed by atoms with Crippen LogP contribution in [0.25, 0.3) is 0 Å². The number of likely N-dealkylation sites (tertiary alicyclic amines) is 1. The van der Waals surface area contributed by atoms with Gasteiger partial charge in [-0.05, 0) is 39.0 Å². The predicted molar refractivity (Wildman–Crippen MR) is 100 cm³/mol. The van der Waals surface area contributed by atoms with Crippen molar-refractivity contribution in [2.45, 2.75) is 70.9 Å². The van der Waals surface area contributed by atoms with Gasteiger partial charge in [0.1, 0.15) is 6.61 Å². The molecule has 2 saturated heterocycles. The monoisotopic (exact) mass is 383 g/mol. The van der Waals surface area contributed by atoms with Crippen LogP contribution in [0.3, 0.4) is 0 Å². The third-order valence-electron chi connectivity index (χ3n) is 5.26. The average Bonchev–Trinajstić information content (AvgIpc) is 3.05. The van der Waals surface area contributed by atoms with Crippen molar-refractivity contribution in [2.75, 3.05) is 32.8 Å². The Bertz CT molecular complexity index is 506. The van der Waals surface area contributed by atoms with E-state index in [0.29, 0.717) is 39.3 Å². The van der Waals surface area contributed by atoms with E-state index in [2.05, 4.69) is 12.2 Å². The van der Waals surface area contributed by atoms with Gasteiger partial charge in [0, 0.05) is 32.1 Å². The van der Waals surface area contributed by atoms with Gasteiger partial charge in [0.15, 0.2) is 0 Å². The van der Waals surface area contributed by atoms with E-state index in [9.17, 15) is 14.4 Å². The highest BCUT2D eigenvalue weighted by molar-refractivity contribution is 5.74. The van der Waals surface area contributed by atoms with E-state index >= 15 is 0 Å². The number of urea groups is 1. The molecule has 8 heteroatoms. The highest BCUT2D eigenvalue weighted by Gasteiger charge is 2.38. The summed E-state index contributed by atoms with van der Waals surface area (Å²) in [6.07, 6.45) is 5.21. The van der Waals surface area contributed by atoms with Gasteiger partial charge in [-0.1, -0.05) is 13.3 Å². The molecule has 0 aromatic rings. The number of nitrogens with zero attached hydrogens (tertiary/aromatic N) is 2. The fourth-order valence-electron chi connectivity index (χ4n) is 3.69. The summed E-state index contributed by atoms with van der Waals surface area (Å²) >= 11 is 0. The molecule has 2 fully saturated rings. The Hall–Kier alpha value is -1.99. The molecule has 8 nitrogen and oxygen atoms in total. The summed E-state index contributed by atoms with van der Waals surface area (Å²) in [6, 6.07) is 0.282. The van der Waals surface area contributed by atoms with Crippen LogP contribution < -0.4 is 5.32 Å². The number of esters is 1. The van der Waals surface area contributed by atoms with Crippen LogP contribution in [0.1, 0.15) is 58.8 Å². The Morgan fingerprint density at radius 3 is 2.59 bits per heavy atom. The normalized spacial score (nSPS) is 20.5. The van der Waals surface area contributed by atoms with Gasteiger partial charge >= 0.3 is 18.1 Å². The average molecular weight is 383 g/mol. The van der Waals surface area contributed by atoms with Crippen LogP contribution in [-0.2, 0) is 14.3 Å². The van der Waals surface area contributed by atoms with Gasteiger partial charge in [-0.15, -0.1) is 0 Å². The number of cyclic esters (lactones) is 1. The molecule has 0 aromatic heterocycles. The number of rotatable bonds is 9. The van der Waals surface area contributed by atoms with Gasteiger partial charge in [0.25, 0.3) is 0 Å². The number of piperidine rings is 1. The van der Waals surface area contributed by atoms with E-state index in [-0.39, 0.29) is 30.2 Å². The largest absolute Gasteiger partial charge is 0.466 e. The van der Waals surface area contributed by atoms with E-state index < -0.39 is 0 Å². The van der Waals surface area contributed by atoms with Crippen molar-refractivity contribution in [3.05, 3.63) is 0 Å². The third kappa shape index (κ3) is 6.29. The molecule has 27 heavy (non-hydrogen) atoms. The smallest absolute Gasteiger partial charge is 0.410 e. The standard InChI is InChI=1S/C19H33N3O5/c1-3-15-14-27-19(25)22(15)16-9-12-21(13-10-16)18(24)20-11-7-5-6-8-17(23)26-4-2/h15-16H,3-14H2,1-2H3,(H,20,24). The van der Waals surface area contributed by atoms with Crippen LogP contribution in [0.15, 0.2) is 0 Å². The number of hydrogen-bond acceptors (Lipinski definition) is 5. The predicted octanol–water partition coefficient (Wildman–Crippen LogP) is 2.51. The molecule has 2 heterocycles. The van der Waals surface area contributed by atoms with Crippen LogP contribution in [0.5, 0.6) is 0 Å². The van der Waals surface area contributed by atoms with Crippen LogP contribution in [0.4, 0.5) is 9.59 Å². The fraction of sp³-hybridized carbons (Fsp3) is 0.842. The van der Waals surface area contributed by atoms with E-state index in [1.807, 2.05) is 9.80 Å². The first-order chi connectivity index (χ1) is 13.1. The molecule has 3 amide bonds. The summed E-state index contributed by atoms with van der Waals surface area (Å²) in [7, 11) is 0. The van der Waals surface area contributed by atoms with Crippen molar-refractivity contribution in [3.8, 4) is 0 Å². The topological polar surface area (TPSA) is 88.2 Å². The number of carbonyl (C=O) groups excluding carboxylic acids is 3. The Kier molecular flexibility index (Phi) is 8.67. The molecule has 0 saturated carbocycles. The summed E-state index contributed by atoms with van der Waals surface area (Å²) in [6.45, 7) is 6.68. The summed E-state index contributed by atoms with van der Waals surface area (Å²) in [5.41, 5.74) is 0. The van der Waals surface area contributed by atoms with Crippen molar-refractivity contribution in [1.29, 1.82) is 0 Å². The number of amides is 3. The number of hydrogen-bond donors (Lipinski definition) is 1. The summed E-state index contributed by atoms with van der Waals surface area (Å²) in [4.78, 5) is 39.2. The van der Waals surface area contributed by atoms with Gasteiger partial charge in [-0.3, -0.25) is 9.69 Å². The quantitative estimate of drug-likeness (QED) is 0.488. The molecule has 1 N–H and O–H groups in total. The Labute approximate surface area is 161 Å². The van der Waals surface area contributed by atoms with Crippen molar-refractivity contribution in [1.82, 2.24) is 15.1 Å². The van der Waals surface area contributed by atoms with Crippen LogP contribution in [0, 0.1) is 0 Å². The number of nitrogens with one attached hydrogen (secondary N) is 1. The minimum Gasteiger partial charge on any atom is -0.466 e. The molecule has 0 radical (unpaired) electrons. The van der Waals surface area contributed by atoms with Crippen molar-refractivity contribution < 1.29 is 23.9 Å². The second-order valence-corrected chi connectivity index (χ2v) is 7.11. The van der Waals surface area contributed by atoms with Crippen LogP contribution >= 0.6 is 0 Å². The second-order valence-electron chi connectivity index (χ2n) is 7.11. The molecule has 0 aliphatic carbocycles. The maximum atomic E-state index is 12.3. The molecule has 0 aromatic carbocycles. The first-order valence-corrected chi connectivity index (χ1v) is 10.2. The lowest BCUT2D eigenvalue weighted by Gasteiger charge is -2.37. The molecule has 2 rings (SSSR count). The third-order valence-corrected chi connectivity index (χ3v) is 5.26. The lowest BCUT2D eigenvalue weighted by Crippen LogP contribution is -2.51. The molecule has 2 aliphatic heterocycles. The molecule has 1 unspecified atom stereocenters. The lowest BCUT2D eigenvalue weighted by molar-refractivity contribution is -0.143. The number of carbonyl (C=O) groups is 3. The minimum absolute atomic E-state index is 0.0464. The number of ether oxygens (including phenoxy) is 2. The molecule has 1 atom stereocenters. The summed E-state index contributed by atoms with van der Waals surface area (Å²) in [5.74, 6) is -0.156. The van der Waals surface area contributed by atoms with Gasteiger partial charge < -0.3 is 19.7 Å². The highest BCUT2D eigenvalue weighted by atomic mass is 16.6. The Balaban J connectivity index is 1.60. The summed E-state index contributed by atoms with van der Waals surface area (Å²) in [5, 5.41) is 2.94. The van der Waals surface area contributed by atoms with E-state index in [1.165, 1.54) is 0 Å². The van der Waals surface area contributed by atoms with E-state index in [0.717, 1.165) is 38.5 Å². The highest BCUT2D eigenvalue weighted by Crippen LogP contribution is 2.25. The summed E-state index contributed by atoms with van der Waals surface area (Å²) < 4.78 is 10.1. The lowest BCUT2D eigenvalue weighted by atomic mass is 10.0. The maximum Gasteiger partial charge on any atom is 0.410 e. The maximum absolute atomic E-state index is 12.3. The van der Waals surface area contributed by atoms with Crippen molar-refractivity contribution in [3.63, 3.8) is 0 Å².